The molecule has 1 unspecified atom stereocenters. The molecule has 7 heteroatoms. The van der Waals surface area contributed by atoms with Gasteiger partial charge in [-0.05, 0) is 71.5 Å². The Balaban J connectivity index is 1.61. The summed E-state index contributed by atoms with van der Waals surface area (Å²) in [5.74, 6) is 0.0260. The van der Waals surface area contributed by atoms with Crippen LogP contribution >= 0.6 is 0 Å². The van der Waals surface area contributed by atoms with Crippen molar-refractivity contribution in [3.63, 3.8) is 0 Å². The molecule has 3 aromatic carbocycles. The number of likely N-dealkylation sites (N-methyl/N-ethyl adjacent to an activating group) is 1. The van der Waals surface area contributed by atoms with Crippen LogP contribution < -0.4 is 5.32 Å². The van der Waals surface area contributed by atoms with E-state index in [1.165, 1.54) is 0 Å². The first-order valence-corrected chi connectivity index (χ1v) is 13.2. The summed E-state index contributed by atoms with van der Waals surface area (Å²) in [6.07, 6.45) is 3.94. The van der Waals surface area contributed by atoms with Gasteiger partial charge in [-0.15, -0.1) is 0 Å². The lowest BCUT2D eigenvalue weighted by Gasteiger charge is -2.24. The quantitative estimate of drug-likeness (QED) is 0.318. The van der Waals surface area contributed by atoms with Crippen LogP contribution in [0.25, 0.3) is 27.7 Å². The van der Waals surface area contributed by atoms with Crippen molar-refractivity contribution in [3.05, 3.63) is 83.6 Å². The lowest BCUT2D eigenvalue weighted by Crippen LogP contribution is -2.35. The van der Waals surface area contributed by atoms with Crippen LogP contribution in [0.15, 0.2) is 71.6 Å². The van der Waals surface area contributed by atoms with Gasteiger partial charge in [-0.1, -0.05) is 30.3 Å². The van der Waals surface area contributed by atoms with E-state index >= 15 is 0 Å². The van der Waals surface area contributed by atoms with Crippen molar-refractivity contribution in [2.75, 3.05) is 26.4 Å². The second kappa shape index (κ2) is 9.50. The zero-order valence-electron chi connectivity index (χ0n) is 19.8. The van der Waals surface area contributed by atoms with Crippen molar-refractivity contribution in [1.82, 2.24) is 14.8 Å². The predicted octanol–water partition coefficient (Wildman–Crippen LogP) is 3.95. The smallest absolute Gasteiger partial charge is 0.270 e. The third-order valence-corrected chi connectivity index (χ3v) is 7.61. The van der Waals surface area contributed by atoms with E-state index in [0.717, 1.165) is 62.3 Å². The largest absolute Gasteiger partial charge is 0.358 e. The molecule has 1 aliphatic heterocycles. The lowest BCUT2D eigenvalue weighted by atomic mass is 9.99. The number of carbonyl (C=O) groups excluding carboxylic acids is 2. The molecule has 35 heavy (non-hydrogen) atoms. The van der Waals surface area contributed by atoms with E-state index in [2.05, 4.69) is 28.1 Å². The molecule has 178 valence electrons. The maximum absolute atomic E-state index is 13.3. The Bertz CT molecular complexity index is 1440. The van der Waals surface area contributed by atoms with Gasteiger partial charge < -0.3 is 14.8 Å². The third-order valence-electron chi connectivity index (χ3n) is 6.67. The molecule has 0 saturated heterocycles. The predicted molar refractivity (Wildman–Crippen MR) is 139 cm³/mol. The van der Waals surface area contributed by atoms with Crippen molar-refractivity contribution in [3.8, 4) is 16.8 Å². The van der Waals surface area contributed by atoms with Crippen molar-refractivity contribution in [1.29, 1.82) is 0 Å². The maximum Gasteiger partial charge on any atom is 0.270 e. The van der Waals surface area contributed by atoms with Gasteiger partial charge in [0.15, 0.2) is 0 Å². The van der Waals surface area contributed by atoms with Gasteiger partial charge in [-0.25, -0.2) is 0 Å². The van der Waals surface area contributed by atoms with Gasteiger partial charge in [0.1, 0.15) is 5.69 Å². The highest BCUT2D eigenvalue weighted by Gasteiger charge is 2.30. The lowest BCUT2D eigenvalue weighted by molar-refractivity contribution is -0.109. The maximum atomic E-state index is 13.3. The van der Waals surface area contributed by atoms with Crippen LogP contribution in [-0.4, -0.2) is 52.4 Å². The van der Waals surface area contributed by atoms with Gasteiger partial charge >= 0.3 is 0 Å². The Hall–Kier alpha value is -3.71. The number of aromatic nitrogens is 1. The van der Waals surface area contributed by atoms with E-state index in [1.807, 2.05) is 55.6 Å². The fourth-order valence-electron chi connectivity index (χ4n) is 4.77. The Kier molecular flexibility index (Phi) is 6.26. The first-order valence-electron chi connectivity index (χ1n) is 11.6. The second-order valence-corrected chi connectivity index (χ2v) is 10.2. The number of hydrogen-bond acceptors (Lipinski definition) is 3. The van der Waals surface area contributed by atoms with Gasteiger partial charge in [0.05, 0.1) is 5.52 Å². The summed E-state index contributed by atoms with van der Waals surface area (Å²) >= 11 is 0. The molecule has 0 bridgehead atoms. The van der Waals surface area contributed by atoms with Gasteiger partial charge in [-0.3, -0.25) is 13.8 Å². The molecule has 0 saturated carbocycles. The summed E-state index contributed by atoms with van der Waals surface area (Å²) in [5.41, 5.74) is 6.98. The van der Waals surface area contributed by atoms with Gasteiger partial charge in [0.2, 0.25) is 6.41 Å². The van der Waals surface area contributed by atoms with Crippen LogP contribution in [-0.2, 0) is 28.4 Å². The number of benzene rings is 3. The molecule has 1 aliphatic rings. The molecule has 6 nitrogen and oxygen atoms in total. The summed E-state index contributed by atoms with van der Waals surface area (Å²) < 4.78 is 13.8. The molecule has 0 radical (unpaired) electrons. The van der Waals surface area contributed by atoms with Crippen molar-refractivity contribution in [2.24, 2.45) is 0 Å². The number of nitrogens with one attached hydrogen (secondary N) is 1. The number of nitrogens with zero attached hydrogens (tertiary/aromatic N) is 2. The molecular formula is C28H27N3O3S. The highest BCUT2D eigenvalue weighted by molar-refractivity contribution is 7.84. The summed E-state index contributed by atoms with van der Waals surface area (Å²) in [6.45, 7) is 1.28. The summed E-state index contributed by atoms with van der Waals surface area (Å²) in [7, 11) is 0.836. The van der Waals surface area contributed by atoms with Gasteiger partial charge in [-0.2, -0.15) is 0 Å². The number of amides is 2. The third kappa shape index (κ3) is 4.28. The standard InChI is InChI=1S/C28H27N3O3S/c1-30-16-14-24-25-17-21(20-5-10-23(11-6-20)35(2)34)7-12-26(25)31(27(24)28(30)33)22-8-3-19(4-9-22)13-15-29-18-32/h3-12,17-18H,13-16H2,1-2H3,(H,29,32). The molecule has 1 atom stereocenters. The minimum atomic E-state index is -1.01. The Morgan fingerprint density at radius 1 is 1.00 bits per heavy atom. The summed E-state index contributed by atoms with van der Waals surface area (Å²) in [6, 6.07) is 22.3. The Labute approximate surface area is 207 Å². The number of carbonyl (C=O) groups is 2. The first kappa shape index (κ1) is 23.1. The molecule has 0 aliphatic carbocycles. The fraction of sp³-hybridized carbons (Fsp3) is 0.214. The van der Waals surface area contributed by atoms with Crippen LogP contribution in [0.2, 0.25) is 0 Å². The van der Waals surface area contributed by atoms with Gasteiger partial charge in [0.25, 0.3) is 5.91 Å². The Morgan fingerprint density at radius 2 is 1.71 bits per heavy atom. The van der Waals surface area contributed by atoms with Crippen LogP contribution in [0.4, 0.5) is 0 Å². The van der Waals surface area contributed by atoms with Crippen LogP contribution in [0, 0.1) is 0 Å². The molecule has 0 fully saturated rings. The highest BCUT2D eigenvalue weighted by Crippen LogP contribution is 2.36. The Morgan fingerprint density at radius 3 is 2.40 bits per heavy atom. The van der Waals surface area contributed by atoms with E-state index in [-0.39, 0.29) is 5.91 Å². The van der Waals surface area contributed by atoms with Crippen molar-refractivity contribution >= 4 is 34.0 Å². The average Bonchev–Trinajstić information content (AvgIpc) is 3.21. The van der Waals surface area contributed by atoms with E-state index in [9.17, 15) is 13.8 Å². The van der Waals surface area contributed by atoms with Crippen LogP contribution in [0.5, 0.6) is 0 Å². The monoisotopic (exact) mass is 485 g/mol. The molecule has 5 rings (SSSR count). The van der Waals surface area contributed by atoms with Crippen LogP contribution in [0.3, 0.4) is 0 Å². The number of hydrogen-bond donors (Lipinski definition) is 1. The molecular weight excluding hydrogens is 458 g/mol. The molecule has 2 heterocycles. The second-order valence-electron chi connectivity index (χ2n) is 8.84. The van der Waals surface area contributed by atoms with E-state index < -0.39 is 10.8 Å². The molecule has 4 aromatic rings. The highest BCUT2D eigenvalue weighted by atomic mass is 32.2. The molecule has 0 spiro atoms. The van der Waals surface area contributed by atoms with E-state index in [1.54, 1.807) is 11.2 Å². The minimum absolute atomic E-state index is 0.0260. The van der Waals surface area contributed by atoms with Crippen LogP contribution in [0.1, 0.15) is 21.6 Å². The van der Waals surface area contributed by atoms with E-state index in [0.29, 0.717) is 19.5 Å². The molecule has 1 aromatic heterocycles. The van der Waals surface area contributed by atoms with Crippen molar-refractivity contribution < 1.29 is 13.8 Å². The minimum Gasteiger partial charge on any atom is -0.358 e. The van der Waals surface area contributed by atoms with Gasteiger partial charge in [0, 0.05) is 53.2 Å². The van der Waals surface area contributed by atoms with Crippen molar-refractivity contribution in [2.45, 2.75) is 17.7 Å². The van der Waals surface area contributed by atoms with E-state index in [4.69, 9.17) is 0 Å². The topological polar surface area (TPSA) is 71.4 Å². The SMILES string of the molecule is CN1CCc2c(n(-c3ccc(CCNC=O)cc3)c3ccc(-c4ccc(S(C)=O)cc4)cc23)C1=O. The number of rotatable bonds is 7. The average molecular weight is 486 g/mol. The zero-order valence-corrected chi connectivity index (χ0v) is 20.6. The summed E-state index contributed by atoms with van der Waals surface area (Å²) in [5, 5.41) is 3.78. The molecule has 2 amide bonds. The molecule has 1 N–H and O–H groups in total. The normalized spacial score (nSPS) is 14.1. The summed E-state index contributed by atoms with van der Waals surface area (Å²) in [4.78, 5) is 26.4. The zero-order chi connectivity index (χ0) is 24.5. The number of fused-ring (bicyclic) bond motifs is 3. The fourth-order valence-corrected chi connectivity index (χ4v) is 5.29. The first-order chi connectivity index (χ1) is 17.0.